The van der Waals surface area contributed by atoms with Gasteiger partial charge < -0.3 is 11.1 Å². The Morgan fingerprint density at radius 1 is 1.10 bits per heavy atom. The highest BCUT2D eigenvalue weighted by molar-refractivity contribution is 5.92. The summed E-state index contributed by atoms with van der Waals surface area (Å²) in [5.74, 6) is -0.115. The molecule has 0 radical (unpaired) electrons. The van der Waals surface area contributed by atoms with Gasteiger partial charge >= 0.3 is 0 Å². The van der Waals surface area contributed by atoms with Crippen LogP contribution in [0.4, 0.5) is 5.69 Å². The topological polar surface area (TPSA) is 80.9 Å². The van der Waals surface area contributed by atoms with E-state index in [-0.39, 0.29) is 12.3 Å². The van der Waals surface area contributed by atoms with Crippen molar-refractivity contribution in [1.82, 2.24) is 9.97 Å². The Balaban J connectivity index is 1.69. The Labute approximate surface area is 183 Å². The zero-order chi connectivity index (χ0) is 22.1. The van der Waals surface area contributed by atoms with Gasteiger partial charge in [-0.3, -0.25) is 14.8 Å². The van der Waals surface area contributed by atoms with E-state index in [1.165, 1.54) is 0 Å². The normalized spacial score (nSPS) is 12.2. The van der Waals surface area contributed by atoms with Crippen LogP contribution in [0.1, 0.15) is 25.1 Å². The Hall–Kier alpha value is -3.99. The number of pyridine rings is 2. The molecule has 0 aliphatic rings. The molecule has 0 aliphatic carbocycles. The molecule has 1 aromatic carbocycles. The molecule has 0 atom stereocenters. The molecule has 0 fully saturated rings. The number of hydrogen-bond acceptors (Lipinski definition) is 4. The Kier molecular flexibility index (Phi) is 7.49. The van der Waals surface area contributed by atoms with Gasteiger partial charge in [0.1, 0.15) is 0 Å². The molecule has 2 aromatic heterocycles. The third kappa shape index (κ3) is 6.51. The lowest BCUT2D eigenvalue weighted by Crippen LogP contribution is -2.14. The van der Waals surface area contributed by atoms with Crippen LogP contribution in [-0.2, 0) is 11.2 Å². The molecule has 3 N–H and O–H groups in total. The van der Waals surface area contributed by atoms with Crippen LogP contribution >= 0.6 is 0 Å². The van der Waals surface area contributed by atoms with E-state index in [0.29, 0.717) is 11.4 Å². The molecule has 3 rings (SSSR count). The summed E-state index contributed by atoms with van der Waals surface area (Å²) in [6.07, 6.45) is 11.3. The zero-order valence-corrected chi connectivity index (χ0v) is 17.7. The second kappa shape index (κ2) is 10.7. The number of carbonyl (C=O) groups excluding carboxylic acids is 1. The van der Waals surface area contributed by atoms with Gasteiger partial charge in [0.2, 0.25) is 5.91 Å². The highest BCUT2D eigenvalue weighted by Gasteiger charge is 2.08. The first-order valence-corrected chi connectivity index (χ1v) is 10.1. The van der Waals surface area contributed by atoms with E-state index in [1.807, 2.05) is 92.7 Å². The van der Waals surface area contributed by atoms with Crippen molar-refractivity contribution < 1.29 is 4.79 Å². The molecule has 0 unspecified atom stereocenters. The van der Waals surface area contributed by atoms with Crippen molar-refractivity contribution >= 4 is 17.2 Å². The van der Waals surface area contributed by atoms with E-state index in [2.05, 4.69) is 15.3 Å². The molecular weight excluding hydrogens is 384 g/mol. The van der Waals surface area contributed by atoms with E-state index >= 15 is 0 Å². The van der Waals surface area contributed by atoms with Crippen LogP contribution in [0, 0.1) is 0 Å². The van der Waals surface area contributed by atoms with Crippen molar-refractivity contribution in [3.05, 3.63) is 108 Å². The number of hydrogen-bond donors (Lipinski definition) is 2. The van der Waals surface area contributed by atoms with Crippen LogP contribution in [0.2, 0.25) is 0 Å². The predicted molar refractivity (Wildman–Crippen MR) is 127 cm³/mol. The van der Waals surface area contributed by atoms with E-state index < -0.39 is 0 Å². The number of nitrogens with two attached hydrogens (primary N) is 1. The largest absolute Gasteiger partial charge is 0.402 e. The maximum atomic E-state index is 12.6. The van der Waals surface area contributed by atoms with Gasteiger partial charge in [0.25, 0.3) is 0 Å². The Bertz CT molecular complexity index is 1110. The molecule has 31 heavy (non-hydrogen) atoms. The minimum atomic E-state index is -0.115. The van der Waals surface area contributed by atoms with Gasteiger partial charge in [0, 0.05) is 23.0 Å². The number of allylic oxidation sites excluding steroid dienone is 6. The molecular formula is C26H26N4O. The predicted octanol–water partition coefficient (Wildman–Crippen LogP) is 5.15. The number of benzene rings is 1. The number of carbonyl (C=O) groups is 1. The lowest BCUT2D eigenvalue weighted by molar-refractivity contribution is -0.115. The first-order valence-electron chi connectivity index (χ1n) is 10.1. The highest BCUT2D eigenvalue weighted by Crippen LogP contribution is 2.19. The summed E-state index contributed by atoms with van der Waals surface area (Å²) in [6.45, 7) is 3.78. The van der Waals surface area contributed by atoms with Crippen LogP contribution < -0.4 is 11.1 Å². The van der Waals surface area contributed by atoms with Gasteiger partial charge in [-0.15, -0.1) is 0 Å². The summed E-state index contributed by atoms with van der Waals surface area (Å²) in [5.41, 5.74) is 11.6. The monoisotopic (exact) mass is 410 g/mol. The van der Waals surface area contributed by atoms with Gasteiger partial charge in [0.15, 0.2) is 0 Å². The molecule has 0 aliphatic heterocycles. The first kappa shape index (κ1) is 21.7. The van der Waals surface area contributed by atoms with Crippen LogP contribution in [0.3, 0.4) is 0 Å². The smallest absolute Gasteiger partial charge is 0.228 e. The van der Waals surface area contributed by atoms with Gasteiger partial charge in [-0.25, -0.2) is 0 Å². The maximum absolute atomic E-state index is 12.6. The summed E-state index contributed by atoms with van der Waals surface area (Å²) in [6, 6.07) is 17.4. The fourth-order valence-electron chi connectivity index (χ4n) is 3.03. The molecule has 0 bridgehead atoms. The third-order valence-electron chi connectivity index (χ3n) is 4.45. The zero-order valence-electron chi connectivity index (χ0n) is 17.7. The van der Waals surface area contributed by atoms with Crippen molar-refractivity contribution in [2.45, 2.75) is 20.3 Å². The average molecular weight is 411 g/mol. The lowest BCUT2D eigenvalue weighted by Gasteiger charge is -2.08. The van der Waals surface area contributed by atoms with Crippen LogP contribution in [0.25, 0.3) is 16.8 Å². The number of rotatable bonds is 7. The highest BCUT2D eigenvalue weighted by atomic mass is 16.1. The van der Waals surface area contributed by atoms with Crippen molar-refractivity contribution in [1.29, 1.82) is 0 Å². The third-order valence-corrected chi connectivity index (χ3v) is 4.45. The van der Waals surface area contributed by atoms with Crippen LogP contribution in [0.15, 0.2) is 97.0 Å². The number of nitrogens with zero attached hydrogens (tertiary/aromatic N) is 2. The molecule has 0 saturated heterocycles. The second-order valence-corrected chi connectivity index (χ2v) is 7.11. The fourth-order valence-corrected chi connectivity index (χ4v) is 3.03. The van der Waals surface area contributed by atoms with Gasteiger partial charge in [-0.05, 0) is 49.8 Å². The summed E-state index contributed by atoms with van der Waals surface area (Å²) >= 11 is 0. The molecule has 1 amide bonds. The number of nitrogens with one attached hydrogen (secondary N) is 1. The molecule has 5 heteroatoms. The minimum Gasteiger partial charge on any atom is -0.402 e. The summed E-state index contributed by atoms with van der Waals surface area (Å²) < 4.78 is 0. The first-order chi connectivity index (χ1) is 15.0. The van der Waals surface area contributed by atoms with Crippen molar-refractivity contribution in [2.75, 3.05) is 5.32 Å². The van der Waals surface area contributed by atoms with Crippen molar-refractivity contribution in [3.8, 4) is 11.3 Å². The molecule has 0 spiro atoms. The van der Waals surface area contributed by atoms with Gasteiger partial charge in [0.05, 0.1) is 29.7 Å². The number of anilines is 1. The minimum absolute atomic E-state index is 0.115. The average Bonchev–Trinajstić information content (AvgIpc) is 2.77. The maximum Gasteiger partial charge on any atom is 0.228 e. The standard InChI is InChI=1S/C26H26N4O/c1-3-4-8-22(15-19(2)27)25-16-20(13-14-28-25)17-26(31)30-23-11-12-24(29-18-23)21-9-6-5-7-10-21/h3-16,18H,17,27H2,1-2H3,(H,30,31)/b4-3-,19-15-,22-8+. The van der Waals surface area contributed by atoms with E-state index in [4.69, 9.17) is 5.73 Å². The van der Waals surface area contributed by atoms with Crippen molar-refractivity contribution in [3.63, 3.8) is 0 Å². The quantitative estimate of drug-likeness (QED) is 0.528. The summed E-state index contributed by atoms with van der Waals surface area (Å²) in [7, 11) is 0. The Morgan fingerprint density at radius 3 is 2.58 bits per heavy atom. The SMILES string of the molecule is C\C=C/C=C(\C=C(\C)N)c1cc(CC(=O)Nc2ccc(-c3ccccc3)nc2)ccn1. The molecule has 0 saturated carbocycles. The lowest BCUT2D eigenvalue weighted by atomic mass is 10.1. The second-order valence-electron chi connectivity index (χ2n) is 7.11. The molecule has 2 heterocycles. The van der Waals surface area contributed by atoms with Crippen LogP contribution in [0.5, 0.6) is 0 Å². The van der Waals surface area contributed by atoms with Crippen molar-refractivity contribution in [2.24, 2.45) is 5.73 Å². The number of amides is 1. The Morgan fingerprint density at radius 2 is 1.90 bits per heavy atom. The van der Waals surface area contributed by atoms with E-state index in [0.717, 1.165) is 28.1 Å². The van der Waals surface area contributed by atoms with Gasteiger partial charge in [-0.1, -0.05) is 48.6 Å². The van der Waals surface area contributed by atoms with E-state index in [9.17, 15) is 4.79 Å². The summed E-state index contributed by atoms with van der Waals surface area (Å²) in [5, 5.41) is 2.90. The van der Waals surface area contributed by atoms with Gasteiger partial charge in [-0.2, -0.15) is 0 Å². The summed E-state index contributed by atoms with van der Waals surface area (Å²) in [4.78, 5) is 21.4. The van der Waals surface area contributed by atoms with Crippen LogP contribution in [-0.4, -0.2) is 15.9 Å². The number of aromatic nitrogens is 2. The fraction of sp³-hybridized carbons (Fsp3) is 0.115. The van der Waals surface area contributed by atoms with E-state index in [1.54, 1.807) is 12.4 Å². The molecule has 156 valence electrons. The molecule has 5 nitrogen and oxygen atoms in total. The molecule has 3 aromatic rings.